The second-order valence-corrected chi connectivity index (χ2v) is 6.71. The minimum absolute atomic E-state index is 0.0664. The number of esters is 1. The van der Waals surface area contributed by atoms with Crippen LogP contribution in [0.5, 0.6) is 0 Å². The first-order chi connectivity index (χ1) is 7.10. The summed E-state index contributed by atoms with van der Waals surface area (Å²) in [6.07, 6.45) is 5.05. The van der Waals surface area contributed by atoms with Gasteiger partial charge in [-0.1, -0.05) is 33.6 Å². The zero-order chi connectivity index (χ0) is 12.8. The standard InChI is InChI=1S/C14H28O2/c1-13(2,3)11-9-7-8-10-12(15)16-14(4,5)6/h7-11H2,1-6H3. The monoisotopic (exact) mass is 228 g/mol. The van der Waals surface area contributed by atoms with Crippen LogP contribution in [0.3, 0.4) is 0 Å². The van der Waals surface area contributed by atoms with Crippen molar-refractivity contribution in [2.75, 3.05) is 0 Å². The lowest BCUT2D eigenvalue weighted by atomic mass is 9.89. The zero-order valence-corrected chi connectivity index (χ0v) is 11.9. The van der Waals surface area contributed by atoms with Crippen molar-refractivity contribution >= 4 is 5.97 Å². The predicted octanol–water partition coefficient (Wildman–Crippen LogP) is 4.32. The van der Waals surface area contributed by atoms with E-state index in [0.717, 1.165) is 12.8 Å². The van der Waals surface area contributed by atoms with Crippen molar-refractivity contribution in [3.8, 4) is 0 Å². The first-order valence-electron chi connectivity index (χ1n) is 6.32. The van der Waals surface area contributed by atoms with E-state index in [0.29, 0.717) is 11.8 Å². The minimum atomic E-state index is -0.345. The topological polar surface area (TPSA) is 26.3 Å². The molecule has 0 heterocycles. The van der Waals surface area contributed by atoms with Crippen molar-refractivity contribution in [1.29, 1.82) is 0 Å². The number of carbonyl (C=O) groups is 1. The molecule has 0 aromatic rings. The molecule has 0 unspecified atom stereocenters. The molecule has 2 nitrogen and oxygen atoms in total. The Labute approximate surface area is 101 Å². The molecule has 0 N–H and O–H groups in total. The second-order valence-electron chi connectivity index (χ2n) is 6.71. The molecular formula is C14H28O2. The number of ether oxygens (including phenoxy) is 1. The third kappa shape index (κ3) is 11.5. The first kappa shape index (κ1) is 15.5. The third-order valence-electron chi connectivity index (χ3n) is 2.23. The fourth-order valence-corrected chi connectivity index (χ4v) is 1.49. The molecule has 0 amide bonds. The third-order valence-corrected chi connectivity index (χ3v) is 2.23. The van der Waals surface area contributed by atoms with E-state index in [-0.39, 0.29) is 11.6 Å². The fraction of sp³-hybridized carbons (Fsp3) is 0.929. The molecule has 0 spiro atoms. The number of rotatable bonds is 5. The summed E-state index contributed by atoms with van der Waals surface area (Å²) >= 11 is 0. The molecule has 0 aliphatic rings. The summed E-state index contributed by atoms with van der Waals surface area (Å²) in [6, 6.07) is 0. The van der Waals surface area contributed by atoms with Gasteiger partial charge in [0, 0.05) is 6.42 Å². The van der Waals surface area contributed by atoms with Crippen LogP contribution in [0.25, 0.3) is 0 Å². The Kier molecular flexibility index (Phi) is 6.06. The maximum atomic E-state index is 11.4. The van der Waals surface area contributed by atoms with E-state index in [2.05, 4.69) is 20.8 Å². The summed E-state index contributed by atoms with van der Waals surface area (Å²) in [7, 11) is 0. The summed E-state index contributed by atoms with van der Waals surface area (Å²) in [5, 5.41) is 0. The number of carbonyl (C=O) groups excluding carboxylic acids is 1. The predicted molar refractivity (Wildman–Crippen MR) is 68.4 cm³/mol. The van der Waals surface area contributed by atoms with Crippen LogP contribution in [0, 0.1) is 5.41 Å². The van der Waals surface area contributed by atoms with Crippen LogP contribution in [-0.4, -0.2) is 11.6 Å². The largest absolute Gasteiger partial charge is 0.460 e. The molecule has 0 atom stereocenters. The van der Waals surface area contributed by atoms with E-state index in [4.69, 9.17) is 4.74 Å². The maximum absolute atomic E-state index is 11.4. The Bertz CT molecular complexity index is 206. The summed E-state index contributed by atoms with van der Waals surface area (Å²) in [4.78, 5) is 11.4. The highest BCUT2D eigenvalue weighted by molar-refractivity contribution is 5.69. The molecule has 0 saturated carbocycles. The van der Waals surface area contributed by atoms with Gasteiger partial charge in [-0.25, -0.2) is 0 Å². The molecule has 0 aliphatic heterocycles. The van der Waals surface area contributed by atoms with E-state index in [9.17, 15) is 4.79 Å². The summed E-state index contributed by atoms with van der Waals surface area (Å²) in [6.45, 7) is 12.5. The van der Waals surface area contributed by atoms with Gasteiger partial charge in [-0.3, -0.25) is 4.79 Å². The van der Waals surface area contributed by atoms with Crippen LogP contribution in [0.2, 0.25) is 0 Å². The molecule has 0 radical (unpaired) electrons. The molecule has 0 saturated heterocycles. The Hall–Kier alpha value is -0.530. The van der Waals surface area contributed by atoms with Crippen LogP contribution in [0.15, 0.2) is 0 Å². The van der Waals surface area contributed by atoms with Gasteiger partial charge in [-0.15, -0.1) is 0 Å². The molecule has 0 aromatic heterocycles. The lowest BCUT2D eigenvalue weighted by molar-refractivity contribution is -0.154. The van der Waals surface area contributed by atoms with Gasteiger partial charge < -0.3 is 4.74 Å². The van der Waals surface area contributed by atoms with E-state index in [1.165, 1.54) is 12.8 Å². The Balaban J connectivity index is 3.50. The average Bonchev–Trinajstić information content (AvgIpc) is 1.97. The molecule has 0 rings (SSSR count). The van der Waals surface area contributed by atoms with Crippen LogP contribution < -0.4 is 0 Å². The van der Waals surface area contributed by atoms with Crippen molar-refractivity contribution < 1.29 is 9.53 Å². The van der Waals surface area contributed by atoms with Crippen LogP contribution in [-0.2, 0) is 9.53 Å². The molecule has 96 valence electrons. The van der Waals surface area contributed by atoms with Gasteiger partial charge in [-0.2, -0.15) is 0 Å². The van der Waals surface area contributed by atoms with E-state index >= 15 is 0 Å². The van der Waals surface area contributed by atoms with Crippen LogP contribution in [0.1, 0.15) is 73.6 Å². The van der Waals surface area contributed by atoms with Gasteiger partial charge >= 0.3 is 5.97 Å². The summed E-state index contributed by atoms with van der Waals surface area (Å²) in [5.41, 5.74) is 0.0639. The van der Waals surface area contributed by atoms with E-state index in [1.54, 1.807) is 0 Å². The second kappa shape index (κ2) is 6.27. The molecule has 0 aromatic carbocycles. The van der Waals surface area contributed by atoms with Crippen LogP contribution >= 0.6 is 0 Å². The maximum Gasteiger partial charge on any atom is 0.306 e. The van der Waals surface area contributed by atoms with Gasteiger partial charge in [0.1, 0.15) is 5.60 Å². The minimum Gasteiger partial charge on any atom is -0.460 e. The first-order valence-corrected chi connectivity index (χ1v) is 6.32. The van der Waals surface area contributed by atoms with Crippen molar-refractivity contribution in [2.24, 2.45) is 5.41 Å². The van der Waals surface area contributed by atoms with Gasteiger partial charge in [0.15, 0.2) is 0 Å². The van der Waals surface area contributed by atoms with Crippen molar-refractivity contribution in [1.82, 2.24) is 0 Å². The van der Waals surface area contributed by atoms with Gasteiger partial charge in [0.05, 0.1) is 0 Å². The number of unbranched alkanes of at least 4 members (excludes halogenated alkanes) is 2. The van der Waals surface area contributed by atoms with E-state index < -0.39 is 0 Å². The van der Waals surface area contributed by atoms with Crippen molar-refractivity contribution in [3.05, 3.63) is 0 Å². The fourth-order valence-electron chi connectivity index (χ4n) is 1.49. The number of hydrogen-bond donors (Lipinski definition) is 0. The SMILES string of the molecule is CC(C)(C)CCCCCC(=O)OC(C)(C)C. The Morgan fingerprint density at radius 3 is 1.94 bits per heavy atom. The molecule has 0 bridgehead atoms. The van der Waals surface area contributed by atoms with E-state index in [1.807, 2.05) is 20.8 Å². The van der Waals surface area contributed by atoms with Gasteiger partial charge in [0.25, 0.3) is 0 Å². The Morgan fingerprint density at radius 2 is 1.50 bits per heavy atom. The van der Waals surface area contributed by atoms with Crippen molar-refractivity contribution in [2.45, 2.75) is 79.2 Å². The highest BCUT2D eigenvalue weighted by atomic mass is 16.6. The van der Waals surface area contributed by atoms with Gasteiger partial charge in [-0.05, 0) is 39.0 Å². The normalized spacial score (nSPS) is 12.6. The molecule has 0 fully saturated rings. The number of hydrogen-bond acceptors (Lipinski definition) is 2. The quantitative estimate of drug-likeness (QED) is 0.517. The highest BCUT2D eigenvalue weighted by Gasteiger charge is 2.15. The smallest absolute Gasteiger partial charge is 0.306 e. The Morgan fingerprint density at radius 1 is 0.938 bits per heavy atom. The highest BCUT2D eigenvalue weighted by Crippen LogP contribution is 2.22. The molecular weight excluding hydrogens is 200 g/mol. The summed E-state index contributed by atoms with van der Waals surface area (Å²) < 4.78 is 5.25. The molecule has 16 heavy (non-hydrogen) atoms. The van der Waals surface area contributed by atoms with Crippen molar-refractivity contribution in [3.63, 3.8) is 0 Å². The average molecular weight is 228 g/mol. The lowest BCUT2D eigenvalue weighted by Gasteiger charge is -2.19. The lowest BCUT2D eigenvalue weighted by Crippen LogP contribution is -2.23. The van der Waals surface area contributed by atoms with Gasteiger partial charge in [0.2, 0.25) is 0 Å². The molecule has 2 heteroatoms. The molecule has 0 aliphatic carbocycles. The zero-order valence-electron chi connectivity index (χ0n) is 11.9. The summed E-state index contributed by atoms with van der Waals surface area (Å²) in [5.74, 6) is -0.0664. The van der Waals surface area contributed by atoms with Crippen LogP contribution in [0.4, 0.5) is 0 Å².